The Morgan fingerprint density at radius 3 is 2.55 bits per heavy atom. The summed E-state index contributed by atoms with van der Waals surface area (Å²) in [6.07, 6.45) is 3.19. The number of nitrogens with zero attached hydrogens (tertiary/aromatic N) is 4. The van der Waals surface area contributed by atoms with E-state index in [1.807, 2.05) is 30.3 Å². The van der Waals surface area contributed by atoms with E-state index in [1.54, 1.807) is 42.4 Å². The van der Waals surface area contributed by atoms with Crippen LogP contribution in [-0.4, -0.2) is 21.3 Å². The molecule has 1 aliphatic rings. The molecule has 1 aliphatic heterocycles. The minimum atomic E-state index is -0.267. The molecule has 0 saturated heterocycles. The first-order chi connectivity index (χ1) is 16.0. The van der Waals surface area contributed by atoms with E-state index in [4.69, 9.17) is 37.7 Å². The summed E-state index contributed by atoms with van der Waals surface area (Å²) in [7, 11) is 1.66. The molecule has 0 fully saturated rings. The van der Waals surface area contributed by atoms with Gasteiger partial charge in [0, 0.05) is 24.2 Å². The zero-order chi connectivity index (χ0) is 22.9. The van der Waals surface area contributed by atoms with Crippen LogP contribution in [0.1, 0.15) is 5.56 Å². The van der Waals surface area contributed by atoms with E-state index in [2.05, 4.69) is 4.98 Å². The zero-order valence-corrected chi connectivity index (χ0v) is 19.0. The molecule has 0 N–H and O–H groups in total. The van der Waals surface area contributed by atoms with Gasteiger partial charge in [0.1, 0.15) is 11.9 Å². The first kappa shape index (κ1) is 21.3. The largest absolute Gasteiger partial charge is 0.459 e. The van der Waals surface area contributed by atoms with Gasteiger partial charge in [-0.3, -0.25) is 14.3 Å². The fraction of sp³-hybridized carbons (Fsp3) is 0.125. The van der Waals surface area contributed by atoms with E-state index in [-0.39, 0.29) is 12.4 Å². The van der Waals surface area contributed by atoms with Gasteiger partial charge < -0.3 is 9.47 Å². The average molecular weight is 481 g/mol. The van der Waals surface area contributed by atoms with Crippen molar-refractivity contribution in [1.29, 1.82) is 0 Å². The number of ether oxygens (including phenoxy) is 2. The van der Waals surface area contributed by atoms with Crippen LogP contribution in [-0.2, 0) is 23.1 Å². The number of benzene rings is 2. The maximum Gasteiger partial charge on any atom is 0.259 e. The molecule has 33 heavy (non-hydrogen) atoms. The molecule has 0 spiro atoms. The van der Waals surface area contributed by atoms with Crippen molar-refractivity contribution < 1.29 is 9.47 Å². The van der Waals surface area contributed by atoms with Gasteiger partial charge >= 0.3 is 0 Å². The van der Waals surface area contributed by atoms with Gasteiger partial charge in [0.2, 0.25) is 18.6 Å². The van der Waals surface area contributed by atoms with Crippen molar-refractivity contribution >= 4 is 40.2 Å². The van der Waals surface area contributed by atoms with Gasteiger partial charge in [-0.05, 0) is 23.8 Å². The smallest absolute Gasteiger partial charge is 0.259 e. The molecule has 0 aliphatic carbocycles. The summed E-state index contributed by atoms with van der Waals surface area (Å²) in [5.74, 6) is 0.865. The fourth-order valence-electron chi connectivity index (χ4n) is 3.69. The van der Waals surface area contributed by atoms with E-state index in [9.17, 15) is 4.79 Å². The van der Waals surface area contributed by atoms with E-state index >= 15 is 0 Å². The summed E-state index contributed by atoms with van der Waals surface area (Å²) in [5, 5.41) is 1.47. The highest BCUT2D eigenvalue weighted by atomic mass is 35.5. The maximum atomic E-state index is 13.2. The van der Waals surface area contributed by atoms with Gasteiger partial charge in [0.25, 0.3) is 5.56 Å². The summed E-state index contributed by atoms with van der Waals surface area (Å²) in [6.45, 7) is 0.581. The lowest BCUT2D eigenvalue weighted by molar-refractivity contribution is 0.0780. The van der Waals surface area contributed by atoms with E-state index < -0.39 is 0 Å². The standard InChI is InChI=1S/C24H18Cl2N4O3/c1-29-22-16(10-17(23(29)31)21-18(25)8-5-9-19(21)26)11-27-24(28-22)30(20-13-32-14-33-20)12-15-6-3-2-4-7-15/h2-11,13H,12,14H2,1H3. The second-order valence-corrected chi connectivity index (χ2v) is 8.24. The molecule has 0 unspecified atom stereocenters. The van der Waals surface area contributed by atoms with Gasteiger partial charge in [-0.2, -0.15) is 4.98 Å². The van der Waals surface area contributed by atoms with Gasteiger partial charge in [-0.15, -0.1) is 0 Å². The molecular formula is C24H18Cl2N4O3. The van der Waals surface area contributed by atoms with E-state index in [1.165, 1.54) is 10.8 Å². The number of aryl methyl sites for hydroxylation is 1. The van der Waals surface area contributed by atoms with Gasteiger partial charge in [0.05, 0.1) is 22.2 Å². The van der Waals surface area contributed by atoms with Crippen LogP contribution in [0.4, 0.5) is 5.95 Å². The molecule has 0 saturated carbocycles. The molecule has 3 heterocycles. The van der Waals surface area contributed by atoms with E-state index in [0.29, 0.717) is 50.6 Å². The predicted octanol–water partition coefficient (Wildman–Crippen LogP) is 5.11. The molecule has 5 rings (SSSR count). The molecular weight excluding hydrogens is 463 g/mol. The normalized spacial score (nSPS) is 12.9. The summed E-state index contributed by atoms with van der Waals surface area (Å²) in [5.41, 5.74) is 2.11. The van der Waals surface area contributed by atoms with Crippen LogP contribution in [0.3, 0.4) is 0 Å². The van der Waals surface area contributed by atoms with Crippen LogP contribution in [0.5, 0.6) is 0 Å². The van der Waals surface area contributed by atoms with Gasteiger partial charge in [-0.1, -0.05) is 59.6 Å². The topological polar surface area (TPSA) is 69.5 Å². The lowest BCUT2D eigenvalue weighted by atomic mass is 10.1. The molecule has 0 bridgehead atoms. The zero-order valence-electron chi connectivity index (χ0n) is 17.5. The first-order valence-corrected chi connectivity index (χ1v) is 10.9. The van der Waals surface area contributed by atoms with Crippen molar-refractivity contribution in [2.45, 2.75) is 6.54 Å². The minimum absolute atomic E-state index is 0.120. The Morgan fingerprint density at radius 1 is 1.09 bits per heavy atom. The molecule has 166 valence electrons. The summed E-state index contributed by atoms with van der Waals surface area (Å²) in [4.78, 5) is 24.3. The average Bonchev–Trinajstić information content (AvgIpc) is 3.36. The number of halogens is 2. The third-order valence-electron chi connectivity index (χ3n) is 5.32. The van der Waals surface area contributed by atoms with Crippen molar-refractivity contribution in [3.05, 3.63) is 98.9 Å². The van der Waals surface area contributed by atoms with Crippen molar-refractivity contribution in [2.75, 3.05) is 11.7 Å². The van der Waals surface area contributed by atoms with Crippen LogP contribution in [0.2, 0.25) is 10.0 Å². The summed E-state index contributed by atoms with van der Waals surface area (Å²) < 4.78 is 12.3. The molecule has 9 heteroatoms. The Balaban J connectivity index is 1.63. The van der Waals surface area contributed by atoms with Crippen molar-refractivity contribution in [3.8, 4) is 11.1 Å². The van der Waals surface area contributed by atoms with Crippen molar-refractivity contribution in [3.63, 3.8) is 0 Å². The number of pyridine rings is 1. The third-order valence-corrected chi connectivity index (χ3v) is 5.95. The summed E-state index contributed by atoms with van der Waals surface area (Å²) in [6, 6.07) is 16.7. The number of anilines is 1. The van der Waals surface area contributed by atoms with Crippen molar-refractivity contribution in [1.82, 2.24) is 14.5 Å². The van der Waals surface area contributed by atoms with Gasteiger partial charge in [0.15, 0.2) is 0 Å². The predicted molar refractivity (Wildman–Crippen MR) is 128 cm³/mol. The minimum Gasteiger partial charge on any atom is -0.459 e. The van der Waals surface area contributed by atoms with Crippen LogP contribution in [0, 0.1) is 0 Å². The molecule has 0 radical (unpaired) electrons. The summed E-state index contributed by atoms with van der Waals surface area (Å²) >= 11 is 12.7. The molecule has 4 aromatic rings. The Labute approximate surface area is 199 Å². The Hall–Kier alpha value is -3.55. The van der Waals surface area contributed by atoms with Gasteiger partial charge in [-0.25, -0.2) is 4.98 Å². The van der Waals surface area contributed by atoms with Crippen LogP contribution in [0.15, 0.2) is 77.7 Å². The highest BCUT2D eigenvalue weighted by molar-refractivity contribution is 6.39. The second kappa shape index (κ2) is 8.77. The molecule has 2 aromatic carbocycles. The van der Waals surface area contributed by atoms with E-state index in [0.717, 1.165) is 5.56 Å². The van der Waals surface area contributed by atoms with Crippen LogP contribution >= 0.6 is 23.2 Å². The Bertz CT molecular complexity index is 1420. The monoisotopic (exact) mass is 480 g/mol. The second-order valence-electron chi connectivity index (χ2n) is 7.42. The number of aromatic nitrogens is 3. The van der Waals surface area contributed by atoms with Crippen molar-refractivity contribution in [2.24, 2.45) is 7.05 Å². The highest BCUT2D eigenvalue weighted by Crippen LogP contribution is 2.34. The lowest BCUT2D eigenvalue weighted by Crippen LogP contribution is -2.26. The maximum absolute atomic E-state index is 13.2. The first-order valence-electron chi connectivity index (χ1n) is 10.1. The fourth-order valence-corrected chi connectivity index (χ4v) is 4.29. The Kier molecular flexibility index (Phi) is 5.66. The SMILES string of the molecule is Cn1c(=O)c(-c2c(Cl)cccc2Cl)cc2cnc(N(Cc3ccccc3)C3=COCO3)nc21. The quantitative estimate of drug-likeness (QED) is 0.395. The number of hydrogen-bond acceptors (Lipinski definition) is 6. The molecule has 2 aromatic heterocycles. The lowest BCUT2D eigenvalue weighted by Gasteiger charge is -2.22. The molecule has 7 nitrogen and oxygen atoms in total. The number of rotatable bonds is 5. The third kappa shape index (κ3) is 4.01. The highest BCUT2D eigenvalue weighted by Gasteiger charge is 2.22. The molecule has 0 amide bonds. The van der Waals surface area contributed by atoms with Crippen LogP contribution in [0.25, 0.3) is 22.2 Å². The van der Waals surface area contributed by atoms with Crippen LogP contribution < -0.4 is 10.5 Å². The number of fused-ring (bicyclic) bond motifs is 1. The number of hydrogen-bond donors (Lipinski definition) is 0. The Morgan fingerprint density at radius 2 is 1.85 bits per heavy atom. The molecule has 0 atom stereocenters.